The number of nitrogens with one attached hydrogen (secondary N) is 16. The molecular formula is C105H111F3N24Pt4. The van der Waals surface area contributed by atoms with Gasteiger partial charge >= 0.3 is 90.4 Å². The molecule has 0 fully saturated rings. The fraction of sp³-hybridized carbons (Fsp3) is 0.219. The van der Waals surface area contributed by atoms with E-state index in [1.807, 2.05) is 256 Å². The predicted octanol–water partition coefficient (Wildman–Crippen LogP) is 23.0. The van der Waals surface area contributed by atoms with Crippen LogP contribution >= 0.6 is 0 Å². The van der Waals surface area contributed by atoms with Crippen LogP contribution in [0.2, 0.25) is 0 Å². The number of pyridine rings is 8. The first-order valence-corrected chi connectivity index (χ1v) is 41.9. The summed E-state index contributed by atoms with van der Waals surface area (Å²) in [5.41, 5.74) is 7.83. The van der Waals surface area contributed by atoms with E-state index in [4.69, 9.17) is 73.2 Å². The van der Waals surface area contributed by atoms with Crippen molar-refractivity contribution in [2.75, 3.05) is 42.5 Å². The fourth-order valence-corrected chi connectivity index (χ4v) is 11.8. The molecule has 0 saturated carbocycles. The molecule has 0 atom stereocenters. The van der Waals surface area contributed by atoms with Crippen molar-refractivity contribution in [3.8, 4) is 0 Å². The fourth-order valence-electron chi connectivity index (χ4n) is 11.8. The normalized spacial score (nSPS) is 12.1. The Hall–Kier alpha value is -12.9. The quantitative estimate of drug-likeness (QED) is 0.00997. The molecule has 136 heavy (non-hydrogen) atoms. The molecule has 0 aliphatic rings. The Balaban J connectivity index is 0.000000376. The van der Waals surface area contributed by atoms with E-state index in [2.05, 4.69) is 149 Å². The summed E-state index contributed by atoms with van der Waals surface area (Å²) >= 11 is 0. The van der Waals surface area contributed by atoms with Crippen molar-refractivity contribution in [2.45, 2.75) is 139 Å². The van der Waals surface area contributed by atoms with Crippen molar-refractivity contribution in [1.82, 2.24) is 39.9 Å². The number of aromatic nitrogens is 8. The Morgan fingerprint density at radius 3 is 0.647 bits per heavy atom. The summed E-state index contributed by atoms with van der Waals surface area (Å²) in [6, 6.07) is 74.4. The van der Waals surface area contributed by atoms with Crippen molar-refractivity contribution in [1.29, 1.82) is 43.3 Å². The number of benzene rings is 3. The second-order valence-corrected chi connectivity index (χ2v) is 33.8. The number of hydrogen-bond acceptors (Lipinski definition) is 24. The van der Waals surface area contributed by atoms with E-state index in [9.17, 15) is 13.2 Å². The number of nitrogens with zero attached hydrogens (tertiary/aromatic N) is 8. The largest absolute Gasteiger partial charge is 2.00 e. The molecule has 8 aromatic heterocycles. The Labute approximate surface area is 854 Å². The monoisotopic (exact) mass is 2540 g/mol. The minimum absolute atomic E-state index is 0. The number of rotatable bonds is 35. The summed E-state index contributed by atoms with van der Waals surface area (Å²) in [7, 11) is 0. The summed E-state index contributed by atoms with van der Waals surface area (Å²) in [6.45, 7) is 31.2. The molecule has 8 heterocycles. The molecule has 3 aromatic carbocycles. The van der Waals surface area contributed by atoms with Gasteiger partial charge in [0.2, 0.25) is 0 Å². The van der Waals surface area contributed by atoms with Crippen LogP contribution in [-0.4, -0.2) is 91.7 Å². The zero-order valence-electron chi connectivity index (χ0n) is 78.1. The van der Waals surface area contributed by atoms with Crippen LogP contribution in [0, 0.1) is 104 Å². The van der Waals surface area contributed by atoms with E-state index in [1.165, 1.54) is 6.08 Å². The SMILES string of the molecule is CC(=N)C=[C-]Nc1cccc(C(C)(C)c2cccc(N[C-]=CC(=N)C(F)(F)F)n2)n1.CC(=N)C=[C-]Nc1cccc(C(C)(c2ccccc2)c2cccc(N[C-]=CC(C)=N)n2)n1.CC(C)(C)C(=N)C=[C-]Nc1cccc(C(C)(C)c2cccc(N[C-]=CC(=N)C(C)(C)C)n2)n1.CC(C)(c1cccc(N[C-]=CC(=N)c2ccccc2)n1)c1cccc(N[C-]=CC(=N)c2ccccc2)n1.[Pt+2].[Pt+2].[Pt+2].[Pt+2]. The minimum atomic E-state index is -4.72. The molecule has 0 aliphatic carbocycles. The van der Waals surface area contributed by atoms with Gasteiger partial charge in [-0.05, 0) is 125 Å². The summed E-state index contributed by atoms with van der Waals surface area (Å²) in [6.07, 6.45) is 29.5. The van der Waals surface area contributed by atoms with E-state index >= 15 is 0 Å². The van der Waals surface area contributed by atoms with Crippen molar-refractivity contribution in [3.05, 3.63) is 397 Å². The average molecular weight is 2550 g/mol. The molecule has 31 heteroatoms. The number of allylic oxidation sites excluding steroid dienone is 8. The van der Waals surface area contributed by atoms with Crippen LogP contribution in [0.1, 0.15) is 173 Å². The number of anilines is 8. The molecule has 24 nitrogen and oxygen atoms in total. The van der Waals surface area contributed by atoms with Crippen LogP contribution in [0.15, 0.2) is 285 Å². The summed E-state index contributed by atoms with van der Waals surface area (Å²) in [5.74, 6) is 4.69. The maximum atomic E-state index is 12.4. The smallest absolute Gasteiger partial charge is 0.453 e. The maximum Gasteiger partial charge on any atom is 2.00 e. The molecule has 0 aliphatic heterocycles. The molecule has 0 amide bonds. The molecule has 11 aromatic rings. The van der Waals surface area contributed by atoms with Gasteiger partial charge in [0.15, 0.2) is 0 Å². The molecule has 0 bridgehead atoms. The van der Waals surface area contributed by atoms with Crippen LogP contribution in [0.5, 0.6) is 0 Å². The Bertz CT molecular complexity index is 5830. The van der Waals surface area contributed by atoms with Gasteiger partial charge in [0.05, 0.1) is 5.41 Å². The number of hydrogen-bond donors (Lipinski definition) is 16. The second kappa shape index (κ2) is 54.6. The third-order valence-corrected chi connectivity index (χ3v) is 19.9. The van der Waals surface area contributed by atoms with Gasteiger partial charge < -0.3 is 85.8 Å². The van der Waals surface area contributed by atoms with Crippen molar-refractivity contribution in [2.24, 2.45) is 10.8 Å². The van der Waals surface area contributed by atoms with Crippen LogP contribution in [0.4, 0.5) is 59.7 Å². The average Bonchev–Trinajstić information content (AvgIpc) is 0.755. The molecule has 0 spiro atoms. The van der Waals surface area contributed by atoms with E-state index < -0.39 is 33.5 Å². The van der Waals surface area contributed by atoms with Gasteiger partial charge in [-0.3, -0.25) is 39.9 Å². The summed E-state index contributed by atoms with van der Waals surface area (Å²) < 4.78 is 37.1. The minimum Gasteiger partial charge on any atom is -0.453 e. The van der Waals surface area contributed by atoms with E-state index in [0.717, 1.165) is 50.9 Å². The van der Waals surface area contributed by atoms with Crippen LogP contribution in [0.25, 0.3) is 0 Å². The van der Waals surface area contributed by atoms with E-state index in [-0.39, 0.29) is 95.1 Å². The first-order valence-electron chi connectivity index (χ1n) is 41.9. The third-order valence-electron chi connectivity index (χ3n) is 19.9. The Morgan fingerprint density at radius 2 is 0.434 bits per heavy atom. The molecule has 16 N–H and O–H groups in total. The number of alkyl halides is 3. The van der Waals surface area contributed by atoms with Crippen LogP contribution < -0.4 is 42.5 Å². The van der Waals surface area contributed by atoms with Gasteiger partial charge in [-0.1, -0.05) is 290 Å². The van der Waals surface area contributed by atoms with Crippen LogP contribution in [-0.2, 0) is 106 Å². The molecule has 0 saturated heterocycles. The van der Waals surface area contributed by atoms with Gasteiger partial charge in [-0.2, -0.15) is 13.2 Å². The topological polar surface area (TPSA) is 390 Å². The van der Waals surface area contributed by atoms with Crippen molar-refractivity contribution < 1.29 is 97.4 Å². The maximum absolute atomic E-state index is 12.4. The van der Waals surface area contributed by atoms with E-state index in [1.54, 1.807) is 81.5 Å². The predicted molar refractivity (Wildman–Crippen MR) is 529 cm³/mol. The second-order valence-electron chi connectivity index (χ2n) is 33.8. The van der Waals surface area contributed by atoms with Crippen molar-refractivity contribution >= 4 is 92.2 Å². The number of halogens is 3. The molecule has 0 radical (unpaired) electrons. The summed E-state index contributed by atoms with van der Waals surface area (Å²) in [5, 5.41) is 85.4. The summed E-state index contributed by atoms with van der Waals surface area (Å²) in [4.78, 5) is 37.7. The van der Waals surface area contributed by atoms with Crippen LogP contribution in [0.3, 0.4) is 0 Å². The van der Waals surface area contributed by atoms with Gasteiger partial charge in [0.25, 0.3) is 0 Å². The van der Waals surface area contributed by atoms with Gasteiger partial charge in [-0.25, -0.2) is 0 Å². The Morgan fingerprint density at radius 1 is 0.243 bits per heavy atom. The molecule has 0 unspecified atom stereocenters. The van der Waals surface area contributed by atoms with Gasteiger partial charge in [0.1, 0.15) is 0 Å². The molecule has 11 rings (SSSR count). The van der Waals surface area contributed by atoms with Crippen molar-refractivity contribution in [3.63, 3.8) is 0 Å². The third kappa shape index (κ3) is 36.4. The Kier molecular flexibility index (Phi) is 46.3. The molecular weight excluding hydrogens is 2430 g/mol. The zero-order chi connectivity index (χ0) is 96.3. The van der Waals surface area contributed by atoms with Gasteiger partial charge in [-0.15, -0.1) is 98.2 Å². The van der Waals surface area contributed by atoms with Gasteiger partial charge in [0, 0.05) is 114 Å². The zero-order valence-corrected chi connectivity index (χ0v) is 87.2. The standard InChI is InChI=1S/C31H28N6.C27H36N6.C26H26N6.C21H21F3N6.4Pt/c1-31(2,27-15-9-17-29(36-27)34-21-19-25(32)23-11-5-3-6-12-23)28-16-10-18-30(37-28)35-22-20-26(33)24-13-7-4-8-14-24;1-25(2,3)19(28)15-17-30-23-13-9-11-21(32-23)27(7,8)22-12-10-14-24(33-22)31-18-16-20(29)26(4,5)6;1-19(27)15-17-29-24-13-7-11-22(31-24)26(3,21-9-5-4-6-10-21)23-12-8-14-25(32-23)30-18-16-20(2)28;1-14(25)10-12-27-18-8-4-6-16(29-18)20(2,3)17-7-5-9-19(30-17)28-13-11-15(26)21(22,23)24;;;;/h3-20,32-33H,1-2H3,(H,34,36)(H,35,37);9-16,28-29H,1-8H3,(H,30,32)(H,31,33);4-16,27-28H,1-3H3,(H,29,31)(H,30,32);4-11,25-26H,1-3H3,(H,27,29)(H,28,30);;;;/q4*-2;4*+2. The van der Waals surface area contributed by atoms with E-state index in [0.29, 0.717) is 104 Å². The first-order chi connectivity index (χ1) is 62.5. The molecule has 712 valence electrons. The first kappa shape index (κ1) is 115.